The molecular weight excluding hydrogens is 191 g/mol. The zero-order valence-corrected chi connectivity index (χ0v) is 9.99. The van der Waals surface area contributed by atoms with Crippen molar-refractivity contribution in [2.75, 3.05) is 0 Å². The van der Waals surface area contributed by atoms with E-state index in [2.05, 4.69) is 20.8 Å². The highest BCUT2D eigenvalue weighted by molar-refractivity contribution is 6.21. The molecule has 0 aliphatic carbocycles. The lowest BCUT2D eigenvalue weighted by Crippen LogP contribution is -2.13. The molecule has 74 valence electrons. The van der Waals surface area contributed by atoms with Crippen molar-refractivity contribution in [1.82, 2.24) is 0 Å². The zero-order valence-electron chi connectivity index (χ0n) is 8.48. The third-order valence-electron chi connectivity index (χ3n) is 2.41. The molecule has 0 aliphatic rings. The van der Waals surface area contributed by atoms with Gasteiger partial charge in [-0.05, 0) is 31.6 Å². The van der Waals surface area contributed by atoms with Crippen molar-refractivity contribution in [3.05, 3.63) is 0 Å². The van der Waals surface area contributed by atoms with E-state index in [4.69, 9.17) is 23.2 Å². The highest BCUT2D eigenvalue weighted by Gasteiger charge is 2.14. The Hall–Kier alpha value is 0.580. The van der Waals surface area contributed by atoms with Crippen LogP contribution in [-0.4, -0.2) is 10.8 Å². The second kappa shape index (κ2) is 6.10. The van der Waals surface area contributed by atoms with E-state index in [0.717, 1.165) is 12.8 Å². The van der Waals surface area contributed by atoms with E-state index >= 15 is 0 Å². The molecule has 0 aromatic carbocycles. The van der Waals surface area contributed by atoms with Gasteiger partial charge in [0.05, 0.1) is 0 Å². The number of hydrogen-bond acceptors (Lipinski definition) is 0. The molecule has 0 saturated carbocycles. The Morgan fingerprint density at radius 3 is 1.75 bits per heavy atom. The minimum Gasteiger partial charge on any atom is -0.123 e. The van der Waals surface area contributed by atoms with E-state index in [0.29, 0.717) is 17.2 Å². The predicted molar refractivity (Wildman–Crippen MR) is 58.2 cm³/mol. The van der Waals surface area contributed by atoms with Crippen LogP contribution in [0.25, 0.3) is 0 Å². The van der Waals surface area contributed by atoms with Crippen LogP contribution in [0.1, 0.15) is 40.5 Å². The normalized spacial score (nSPS) is 19.2. The second-order valence-electron chi connectivity index (χ2n) is 3.99. The summed E-state index contributed by atoms with van der Waals surface area (Å²) in [5, 5.41) is 0.573. The maximum absolute atomic E-state index is 6.12. The van der Waals surface area contributed by atoms with Crippen LogP contribution in [-0.2, 0) is 0 Å². The molecule has 3 atom stereocenters. The summed E-state index contributed by atoms with van der Waals surface area (Å²) in [5.41, 5.74) is 0. The molecule has 0 aromatic rings. The van der Waals surface area contributed by atoms with Crippen molar-refractivity contribution in [3.8, 4) is 0 Å². The lowest BCUT2D eigenvalue weighted by molar-refractivity contribution is 0.458. The maximum Gasteiger partial charge on any atom is 0.0359 e. The summed E-state index contributed by atoms with van der Waals surface area (Å²) in [6.45, 7) is 8.55. The molecule has 0 radical (unpaired) electrons. The highest BCUT2D eigenvalue weighted by Crippen LogP contribution is 2.22. The number of halogens is 2. The van der Waals surface area contributed by atoms with Gasteiger partial charge in [-0.25, -0.2) is 0 Å². The molecule has 0 nitrogen and oxygen atoms in total. The molecule has 0 fully saturated rings. The lowest BCUT2D eigenvalue weighted by Gasteiger charge is -2.17. The third-order valence-corrected chi connectivity index (χ3v) is 3.56. The van der Waals surface area contributed by atoms with Crippen molar-refractivity contribution < 1.29 is 0 Å². The summed E-state index contributed by atoms with van der Waals surface area (Å²) in [4.78, 5) is 0. The summed E-state index contributed by atoms with van der Waals surface area (Å²) in [6, 6.07) is 0. The van der Waals surface area contributed by atoms with Crippen LogP contribution >= 0.6 is 23.2 Å². The van der Waals surface area contributed by atoms with E-state index in [1.54, 1.807) is 0 Å². The SMILES string of the molecule is CC(C)C(Cl)CCC(C)C(C)Cl. The smallest absolute Gasteiger partial charge is 0.0359 e. The van der Waals surface area contributed by atoms with Gasteiger partial charge < -0.3 is 0 Å². The Morgan fingerprint density at radius 1 is 0.917 bits per heavy atom. The molecule has 0 bridgehead atoms. The second-order valence-corrected chi connectivity index (χ2v) is 5.24. The van der Waals surface area contributed by atoms with Gasteiger partial charge in [0, 0.05) is 10.8 Å². The maximum atomic E-state index is 6.12. The van der Waals surface area contributed by atoms with E-state index in [9.17, 15) is 0 Å². The largest absolute Gasteiger partial charge is 0.123 e. The molecule has 3 unspecified atom stereocenters. The van der Waals surface area contributed by atoms with Crippen molar-refractivity contribution in [1.29, 1.82) is 0 Å². The lowest BCUT2D eigenvalue weighted by atomic mass is 9.97. The molecule has 0 amide bonds. The summed E-state index contributed by atoms with van der Waals surface area (Å²) in [6.07, 6.45) is 2.22. The molecule has 0 spiro atoms. The van der Waals surface area contributed by atoms with Crippen LogP contribution < -0.4 is 0 Å². The van der Waals surface area contributed by atoms with E-state index < -0.39 is 0 Å². The zero-order chi connectivity index (χ0) is 9.72. The van der Waals surface area contributed by atoms with Crippen LogP contribution in [0.15, 0.2) is 0 Å². The van der Waals surface area contributed by atoms with Gasteiger partial charge >= 0.3 is 0 Å². The first kappa shape index (κ1) is 12.6. The summed E-state index contributed by atoms with van der Waals surface area (Å²) in [7, 11) is 0. The first-order valence-corrected chi connectivity index (χ1v) is 5.60. The minimum absolute atomic E-state index is 0.265. The molecule has 0 heterocycles. The number of rotatable bonds is 5. The molecule has 0 aliphatic heterocycles. The quantitative estimate of drug-likeness (QED) is 0.595. The Balaban J connectivity index is 3.54. The molecule has 0 rings (SSSR count). The van der Waals surface area contributed by atoms with Gasteiger partial charge in [-0.3, -0.25) is 0 Å². The van der Waals surface area contributed by atoms with Crippen LogP contribution in [0.3, 0.4) is 0 Å². The topological polar surface area (TPSA) is 0 Å². The van der Waals surface area contributed by atoms with Gasteiger partial charge in [-0.1, -0.05) is 20.8 Å². The van der Waals surface area contributed by atoms with Crippen LogP contribution in [0, 0.1) is 11.8 Å². The van der Waals surface area contributed by atoms with E-state index in [1.807, 2.05) is 6.92 Å². The van der Waals surface area contributed by atoms with Crippen molar-refractivity contribution in [2.24, 2.45) is 11.8 Å². The minimum atomic E-state index is 0.265. The summed E-state index contributed by atoms with van der Waals surface area (Å²) in [5.74, 6) is 1.15. The van der Waals surface area contributed by atoms with Crippen LogP contribution in [0.4, 0.5) is 0 Å². The average Bonchev–Trinajstić information content (AvgIpc) is 1.98. The van der Waals surface area contributed by atoms with Crippen molar-refractivity contribution >= 4 is 23.2 Å². The Bertz CT molecular complexity index is 96.4. The molecule has 12 heavy (non-hydrogen) atoms. The van der Waals surface area contributed by atoms with Gasteiger partial charge in [0.25, 0.3) is 0 Å². The molecule has 0 N–H and O–H groups in total. The fourth-order valence-corrected chi connectivity index (χ4v) is 1.24. The average molecular weight is 211 g/mol. The monoisotopic (exact) mass is 210 g/mol. The van der Waals surface area contributed by atoms with Crippen molar-refractivity contribution in [3.63, 3.8) is 0 Å². The van der Waals surface area contributed by atoms with Crippen LogP contribution in [0.5, 0.6) is 0 Å². The fraction of sp³-hybridized carbons (Fsp3) is 1.00. The van der Waals surface area contributed by atoms with E-state index in [1.165, 1.54) is 0 Å². The Morgan fingerprint density at radius 2 is 1.42 bits per heavy atom. The summed E-state index contributed by atoms with van der Waals surface area (Å²) < 4.78 is 0. The fourth-order valence-electron chi connectivity index (χ4n) is 0.985. The van der Waals surface area contributed by atoms with Gasteiger partial charge in [-0.2, -0.15) is 0 Å². The molecule has 0 saturated heterocycles. The van der Waals surface area contributed by atoms with Gasteiger partial charge in [0.2, 0.25) is 0 Å². The summed E-state index contributed by atoms with van der Waals surface area (Å²) >= 11 is 12.1. The van der Waals surface area contributed by atoms with Crippen LogP contribution in [0.2, 0.25) is 0 Å². The predicted octanol–water partition coefficient (Wildman–Crippen LogP) is 4.29. The molecule has 2 heteroatoms. The van der Waals surface area contributed by atoms with Gasteiger partial charge in [0.15, 0.2) is 0 Å². The van der Waals surface area contributed by atoms with E-state index in [-0.39, 0.29) is 5.38 Å². The highest BCUT2D eigenvalue weighted by atomic mass is 35.5. The Kier molecular flexibility index (Phi) is 6.39. The third kappa shape index (κ3) is 5.27. The molecule has 0 aromatic heterocycles. The number of hydrogen-bond donors (Lipinski definition) is 0. The Labute approximate surface area is 86.6 Å². The molecular formula is C10H20Cl2. The van der Waals surface area contributed by atoms with Gasteiger partial charge in [0.1, 0.15) is 0 Å². The first-order chi connectivity index (χ1) is 5.45. The standard InChI is InChI=1S/C10H20Cl2/c1-7(2)10(12)6-5-8(3)9(4)11/h7-10H,5-6H2,1-4H3. The van der Waals surface area contributed by atoms with Gasteiger partial charge in [-0.15, -0.1) is 23.2 Å². The number of alkyl halides is 2. The first-order valence-electron chi connectivity index (χ1n) is 4.73. The van der Waals surface area contributed by atoms with Crippen molar-refractivity contribution in [2.45, 2.75) is 51.3 Å².